The van der Waals surface area contributed by atoms with Gasteiger partial charge in [-0.3, -0.25) is 4.79 Å². The van der Waals surface area contributed by atoms with Gasteiger partial charge in [-0.15, -0.1) is 0 Å². The lowest BCUT2D eigenvalue weighted by Crippen LogP contribution is -2.62. The van der Waals surface area contributed by atoms with Crippen LogP contribution in [0.3, 0.4) is 0 Å². The van der Waals surface area contributed by atoms with Crippen LogP contribution in [0.5, 0.6) is 0 Å². The first-order chi connectivity index (χ1) is 7.84. The minimum absolute atomic E-state index is 0.157. The largest absolute Gasteiger partial charge is 0.491 e. The Morgan fingerprint density at radius 1 is 1.41 bits per heavy atom. The molecule has 2 rings (SSSR count). The van der Waals surface area contributed by atoms with Gasteiger partial charge in [0.15, 0.2) is 6.29 Å². The molecule has 0 fully saturated rings. The van der Waals surface area contributed by atoms with Crippen molar-refractivity contribution in [3.63, 3.8) is 0 Å². The molecular formula is C13H19NO3. The number of fused-ring (bicyclic) bond motifs is 1. The molecule has 2 aliphatic heterocycles. The van der Waals surface area contributed by atoms with Crippen LogP contribution < -0.4 is 0 Å². The number of ether oxygens (including phenoxy) is 1. The highest BCUT2D eigenvalue weighted by molar-refractivity contribution is 5.82. The molecule has 1 unspecified atom stereocenters. The van der Waals surface area contributed by atoms with E-state index in [1.807, 2.05) is 11.1 Å². The number of hydrogen-bond donors (Lipinski definition) is 0. The van der Waals surface area contributed by atoms with Gasteiger partial charge in [0, 0.05) is 5.57 Å². The van der Waals surface area contributed by atoms with Gasteiger partial charge in [-0.1, -0.05) is 6.08 Å². The topological polar surface area (TPSA) is 38.8 Å². The summed E-state index contributed by atoms with van der Waals surface area (Å²) in [5.41, 5.74) is 0.985. The van der Waals surface area contributed by atoms with Gasteiger partial charge in [-0.25, -0.2) is 0 Å². The molecule has 94 valence electrons. The molecule has 0 aliphatic carbocycles. The number of carbonyl (C=O) groups excluding carboxylic acids is 1. The maximum Gasteiger partial charge on any atom is 0.153 e. The second kappa shape index (κ2) is 3.68. The van der Waals surface area contributed by atoms with Crippen molar-refractivity contribution < 1.29 is 14.4 Å². The summed E-state index contributed by atoms with van der Waals surface area (Å²) in [5.74, 6) is 0. The van der Waals surface area contributed by atoms with Gasteiger partial charge in [-0.05, 0) is 27.7 Å². The zero-order chi connectivity index (χ0) is 12.8. The highest BCUT2D eigenvalue weighted by Gasteiger charge is 2.51. The molecule has 0 aromatic heterocycles. The van der Waals surface area contributed by atoms with Crippen molar-refractivity contribution in [2.75, 3.05) is 7.11 Å². The fraction of sp³-hybridized carbons (Fsp3) is 0.615. The number of rotatable bonds is 2. The van der Waals surface area contributed by atoms with E-state index in [0.717, 1.165) is 11.9 Å². The molecule has 2 heterocycles. The van der Waals surface area contributed by atoms with E-state index in [-0.39, 0.29) is 17.2 Å². The smallest absolute Gasteiger partial charge is 0.153 e. The van der Waals surface area contributed by atoms with Gasteiger partial charge < -0.3 is 9.57 Å². The Morgan fingerprint density at radius 3 is 2.59 bits per heavy atom. The lowest BCUT2D eigenvalue weighted by atomic mass is 9.79. The van der Waals surface area contributed by atoms with Gasteiger partial charge in [0.1, 0.15) is 6.10 Å². The summed E-state index contributed by atoms with van der Waals surface area (Å²) in [5, 5.41) is 1.91. The summed E-state index contributed by atoms with van der Waals surface area (Å²) in [6, 6.07) is 0. The van der Waals surface area contributed by atoms with Crippen molar-refractivity contribution in [3.8, 4) is 0 Å². The van der Waals surface area contributed by atoms with E-state index in [1.165, 1.54) is 0 Å². The SMILES string of the molecule is CON1C(C)(C)C=C2C(C=O)=COC2C1(C)C. The summed E-state index contributed by atoms with van der Waals surface area (Å²) in [6.07, 6.45) is 4.27. The molecule has 17 heavy (non-hydrogen) atoms. The van der Waals surface area contributed by atoms with Crippen molar-refractivity contribution in [3.05, 3.63) is 23.5 Å². The summed E-state index contributed by atoms with van der Waals surface area (Å²) in [7, 11) is 1.66. The van der Waals surface area contributed by atoms with Gasteiger partial charge in [0.25, 0.3) is 0 Å². The first kappa shape index (κ1) is 12.3. The standard InChI is InChI=1S/C13H19NO3/c1-12(2)6-10-9(7-15)8-17-11(10)13(3,4)14(12)16-5/h6-8,11H,1-5H3. The third kappa shape index (κ3) is 1.63. The quantitative estimate of drug-likeness (QED) is 0.687. The molecule has 0 aromatic carbocycles. The van der Waals surface area contributed by atoms with Gasteiger partial charge in [0.2, 0.25) is 0 Å². The first-order valence-corrected chi connectivity index (χ1v) is 5.73. The average Bonchev–Trinajstić information content (AvgIpc) is 2.59. The predicted molar refractivity (Wildman–Crippen MR) is 64.1 cm³/mol. The summed E-state index contributed by atoms with van der Waals surface area (Å²) < 4.78 is 5.62. The molecule has 0 saturated heterocycles. The van der Waals surface area contributed by atoms with Crippen molar-refractivity contribution in [2.24, 2.45) is 0 Å². The van der Waals surface area contributed by atoms with E-state index >= 15 is 0 Å². The maximum absolute atomic E-state index is 11.0. The van der Waals surface area contributed by atoms with Crippen LogP contribution in [-0.4, -0.2) is 35.6 Å². The minimum Gasteiger partial charge on any atom is -0.491 e. The van der Waals surface area contributed by atoms with Crippen LogP contribution in [0, 0.1) is 0 Å². The Kier molecular flexibility index (Phi) is 2.67. The molecule has 0 N–H and O–H groups in total. The van der Waals surface area contributed by atoms with Gasteiger partial charge in [-0.2, -0.15) is 5.06 Å². The fourth-order valence-corrected chi connectivity index (χ4v) is 2.99. The summed E-state index contributed by atoms with van der Waals surface area (Å²) in [6.45, 7) is 8.22. The van der Waals surface area contributed by atoms with Crippen LogP contribution in [0.1, 0.15) is 27.7 Å². The number of nitrogens with zero attached hydrogens (tertiary/aromatic N) is 1. The van der Waals surface area contributed by atoms with Crippen molar-refractivity contribution in [2.45, 2.75) is 44.9 Å². The lowest BCUT2D eigenvalue weighted by Gasteiger charge is -2.51. The highest BCUT2D eigenvalue weighted by atomic mass is 16.7. The molecule has 0 saturated carbocycles. The molecule has 0 bridgehead atoms. The van der Waals surface area contributed by atoms with Crippen LogP contribution in [0.2, 0.25) is 0 Å². The number of hydrogen-bond acceptors (Lipinski definition) is 4. The minimum atomic E-state index is -0.330. The zero-order valence-corrected chi connectivity index (χ0v) is 11.0. The Balaban J connectivity index is 2.51. The van der Waals surface area contributed by atoms with Crippen LogP contribution in [-0.2, 0) is 14.4 Å². The third-order valence-electron chi connectivity index (χ3n) is 3.45. The second-order valence-corrected chi connectivity index (χ2v) is 5.59. The summed E-state index contributed by atoms with van der Waals surface area (Å²) in [4.78, 5) is 16.5. The summed E-state index contributed by atoms with van der Waals surface area (Å²) >= 11 is 0. The highest BCUT2D eigenvalue weighted by Crippen LogP contribution is 2.43. The van der Waals surface area contributed by atoms with Crippen LogP contribution in [0.25, 0.3) is 0 Å². The van der Waals surface area contributed by atoms with Crippen molar-refractivity contribution in [1.82, 2.24) is 5.06 Å². The lowest BCUT2D eigenvalue weighted by molar-refractivity contribution is -0.257. The van der Waals surface area contributed by atoms with Gasteiger partial charge in [0.05, 0.1) is 30.0 Å². The molecule has 4 nitrogen and oxygen atoms in total. The molecule has 0 spiro atoms. The Labute approximate surface area is 102 Å². The van der Waals surface area contributed by atoms with E-state index in [2.05, 4.69) is 27.7 Å². The van der Waals surface area contributed by atoms with Crippen LogP contribution in [0.15, 0.2) is 23.5 Å². The zero-order valence-electron chi connectivity index (χ0n) is 11.0. The maximum atomic E-state index is 11.0. The molecule has 0 radical (unpaired) electrons. The van der Waals surface area contributed by atoms with E-state index < -0.39 is 0 Å². The molecule has 1 atom stereocenters. The van der Waals surface area contributed by atoms with Crippen molar-refractivity contribution in [1.29, 1.82) is 0 Å². The Hall–Kier alpha value is -1.13. The monoisotopic (exact) mass is 237 g/mol. The van der Waals surface area contributed by atoms with Crippen LogP contribution in [0.4, 0.5) is 0 Å². The molecule has 2 aliphatic rings. The normalized spacial score (nSPS) is 30.1. The first-order valence-electron chi connectivity index (χ1n) is 5.73. The Morgan fingerprint density at radius 2 is 2.06 bits per heavy atom. The molecule has 0 amide bonds. The molecule has 4 heteroatoms. The van der Waals surface area contributed by atoms with E-state index in [0.29, 0.717) is 5.57 Å². The predicted octanol–water partition coefficient (Wildman–Crippen LogP) is 1.83. The van der Waals surface area contributed by atoms with E-state index in [9.17, 15) is 4.79 Å². The van der Waals surface area contributed by atoms with E-state index in [4.69, 9.17) is 9.57 Å². The Bertz CT molecular complexity index is 407. The number of carbonyl (C=O) groups is 1. The number of aldehydes is 1. The third-order valence-corrected chi connectivity index (χ3v) is 3.45. The fourth-order valence-electron chi connectivity index (χ4n) is 2.99. The van der Waals surface area contributed by atoms with Crippen LogP contribution >= 0.6 is 0 Å². The van der Waals surface area contributed by atoms with Gasteiger partial charge >= 0.3 is 0 Å². The van der Waals surface area contributed by atoms with E-state index in [1.54, 1.807) is 13.4 Å². The molecule has 0 aromatic rings. The number of hydroxylamine groups is 2. The average molecular weight is 237 g/mol. The molecular weight excluding hydrogens is 218 g/mol. The second-order valence-electron chi connectivity index (χ2n) is 5.59. The van der Waals surface area contributed by atoms with Crippen molar-refractivity contribution >= 4 is 6.29 Å².